The third-order valence-corrected chi connectivity index (χ3v) is 4.01. The van der Waals surface area contributed by atoms with Gasteiger partial charge in [0.1, 0.15) is 11.6 Å². The van der Waals surface area contributed by atoms with Crippen LogP contribution in [-0.4, -0.2) is 22.8 Å². The molecule has 1 aliphatic rings. The van der Waals surface area contributed by atoms with Crippen LogP contribution in [0.1, 0.15) is 24.7 Å². The molecule has 0 amide bonds. The van der Waals surface area contributed by atoms with Gasteiger partial charge in [0.05, 0.1) is 21.9 Å². The fourth-order valence-corrected chi connectivity index (χ4v) is 2.93. The summed E-state index contributed by atoms with van der Waals surface area (Å²) in [6.45, 7) is 1.42. The predicted octanol–water partition coefficient (Wildman–Crippen LogP) is 3.92. The van der Waals surface area contributed by atoms with E-state index in [0.29, 0.717) is 24.6 Å². The molecule has 19 heavy (non-hydrogen) atoms. The van der Waals surface area contributed by atoms with Crippen molar-refractivity contribution in [2.75, 3.05) is 13.2 Å². The second kappa shape index (κ2) is 5.27. The molecule has 0 radical (unpaired) electrons. The van der Waals surface area contributed by atoms with Crippen LogP contribution in [0.15, 0.2) is 12.1 Å². The third-order valence-electron chi connectivity index (χ3n) is 3.48. The largest absolute Gasteiger partial charge is 0.381 e. The maximum Gasteiger partial charge on any atom is 0.144 e. The number of alkyl halides is 1. The average Bonchev–Trinajstić information content (AvgIpc) is 2.78. The summed E-state index contributed by atoms with van der Waals surface area (Å²) in [4.78, 5) is 4.45. The molecule has 3 nitrogen and oxygen atoms in total. The minimum atomic E-state index is -0.427. The van der Waals surface area contributed by atoms with Gasteiger partial charge in [0.2, 0.25) is 0 Å². The van der Waals surface area contributed by atoms with Crippen LogP contribution in [0.4, 0.5) is 4.39 Å². The van der Waals surface area contributed by atoms with Crippen LogP contribution in [0.25, 0.3) is 11.0 Å². The molecule has 0 bridgehead atoms. The Bertz CT molecular complexity index is 608. The molecule has 1 saturated heterocycles. The van der Waals surface area contributed by atoms with E-state index < -0.39 is 5.82 Å². The lowest BCUT2D eigenvalue weighted by molar-refractivity contribution is 0.0700. The minimum absolute atomic E-state index is 0.0882. The van der Waals surface area contributed by atoms with Gasteiger partial charge in [0.15, 0.2) is 0 Å². The van der Waals surface area contributed by atoms with Crippen LogP contribution in [0, 0.1) is 5.82 Å². The summed E-state index contributed by atoms with van der Waals surface area (Å²) in [6, 6.07) is 3.25. The molecule has 0 saturated carbocycles. The number of imidazole rings is 1. The summed E-state index contributed by atoms with van der Waals surface area (Å²) in [5.41, 5.74) is 1.44. The Morgan fingerprint density at radius 2 is 2.11 bits per heavy atom. The molecule has 0 unspecified atom stereocenters. The molecule has 0 N–H and O–H groups in total. The molecule has 0 atom stereocenters. The zero-order valence-corrected chi connectivity index (χ0v) is 11.7. The molecule has 1 aromatic heterocycles. The molecule has 6 heteroatoms. The Labute approximate surface area is 120 Å². The van der Waals surface area contributed by atoms with Gasteiger partial charge in [-0.2, -0.15) is 0 Å². The van der Waals surface area contributed by atoms with Gasteiger partial charge in [-0.3, -0.25) is 0 Å². The highest BCUT2D eigenvalue weighted by Gasteiger charge is 2.22. The van der Waals surface area contributed by atoms with E-state index >= 15 is 0 Å². The van der Waals surface area contributed by atoms with Crippen molar-refractivity contribution in [3.8, 4) is 0 Å². The molecule has 2 aromatic rings. The van der Waals surface area contributed by atoms with Crippen LogP contribution >= 0.6 is 23.2 Å². The molecule has 1 fully saturated rings. The fourth-order valence-electron chi connectivity index (χ4n) is 2.59. The Morgan fingerprint density at radius 3 is 2.79 bits per heavy atom. The van der Waals surface area contributed by atoms with Gasteiger partial charge in [-0.25, -0.2) is 9.37 Å². The van der Waals surface area contributed by atoms with Crippen LogP contribution in [0.3, 0.4) is 0 Å². The SMILES string of the molecule is Fc1cc2c(cc1Cl)nc(CCl)n2C1CCOCC1. The van der Waals surface area contributed by atoms with Crippen molar-refractivity contribution in [2.24, 2.45) is 0 Å². The van der Waals surface area contributed by atoms with Crippen molar-refractivity contribution < 1.29 is 9.13 Å². The van der Waals surface area contributed by atoms with E-state index in [1.54, 1.807) is 6.07 Å². The van der Waals surface area contributed by atoms with Crippen molar-refractivity contribution in [2.45, 2.75) is 24.8 Å². The van der Waals surface area contributed by atoms with Gasteiger partial charge in [0.25, 0.3) is 0 Å². The van der Waals surface area contributed by atoms with Gasteiger partial charge in [-0.1, -0.05) is 11.6 Å². The zero-order chi connectivity index (χ0) is 13.4. The molecule has 1 aliphatic heterocycles. The summed E-state index contributed by atoms with van der Waals surface area (Å²) >= 11 is 11.8. The maximum atomic E-state index is 13.7. The van der Waals surface area contributed by atoms with Gasteiger partial charge < -0.3 is 9.30 Å². The van der Waals surface area contributed by atoms with Crippen LogP contribution < -0.4 is 0 Å². The van der Waals surface area contributed by atoms with Gasteiger partial charge in [0, 0.05) is 25.3 Å². The van der Waals surface area contributed by atoms with Crippen molar-refractivity contribution >= 4 is 34.2 Å². The number of rotatable bonds is 2. The molecule has 2 heterocycles. The monoisotopic (exact) mass is 302 g/mol. The van der Waals surface area contributed by atoms with E-state index in [1.165, 1.54) is 6.07 Å². The Morgan fingerprint density at radius 1 is 1.37 bits per heavy atom. The first-order valence-electron chi connectivity index (χ1n) is 6.20. The first-order chi connectivity index (χ1) is 9.20. The second-order valence-electron chi connectivity index (χ2n) is 4.63. The molecule has 0 spiro atoms. The molecule has 1 aromatic carbocycles. The number of hydrogen-bond donors (Lipinski definition) is 0. The molecular weight excluding hydrogens is 290 g/mol. The predicted molar refractivity (Wildman–Crippen MR) is 73.3 cm³/mol. The van der Waals surface area contributed by atoms with Gasteiger partial charge >= 0.3 is 0 Å². The second-order valence-corrected chi connectivity index (χ2v) is 5.30. The van der Waals surface area contributed by atoms with Crippen LogP contribution in [-0.2, 0) is 10.6 Å². The normalized spacial score (nSPS) is 17.2. The summed E-state index contributed by atoms with van der Waals surface area (Å²) < 4.78 is 21.1. The number of nitrogens with zero attached hydrogens (tertiary/aromatic N) is 2. The lowest BCUT2D eigenvalue weighted by Gasteiger charge is -2.25. The van der Waals surface area contributed by atoms with Crippen molar-refractivity contribution in [3.63, 3.8) is 0 Å². The highest BCUT2D eigenvalue weighted by atomic mass is 35.5. The minimum Gasteiger partial charge on any atom is -0.381 e. The molecular formula is C13H13Cl2FN2O. The number of benzene rings is 1. The number of halogens is 3. The topological polar surface area (TPSA) is 27.1 Å². The van der Waals surface area contributed by atoms with Crippen LogP contribution in [0.5, 0.6) is 0 Å². The smallest absolute Gasteiger partial charge is 0.144 e. The average molecular weight is 303 g/mol. The van der Waals surface area contributed by atoms with Crippen LogP contribution in [0.2, 0.25) is 5.02 Å². The van der Waals surface area contributed by atoms with E-state index in [-0.39, 0.29) is 11.1 Å². The first-order valence-corrected chi connectivity index (χ1v) is 7.11. The summed E-state index contributed by atoms with van der Waals surface area (Å²) in [7, 11) is 0. The van der Waals surface area contributed by atoms with E-state index in [0.717, 1.165) is 24.2 Å². The highest BCUT2D eigenvalue weighted by molar-refractivity contribution is 6.31. The Kier molecular flexibility index (Phi) is 3.65. The highest BCUT2D eigenvalue weighted by Crippen LogP contribution is 2.31. The summed E-state index contributed by atoms with van der Waals surface area (Å²) in [5, 5.41) is 0.0882. The molecule has 102 valence electrons. The lowest BCUT2D eigenvalue weighted by atomic mass is 10.1. The summed E-state index contributed by atoms with van der Waals surface area (Å²) in [5.74, 6) is 0.624. The van der Waals surface area contributed by atoms with E-state index in [4.69, 9.17) is 27.9 Å². The number of ether oxygens (including phenoxy) is 1. The van der Waals surface area contributed by atoms with Crippen molar-refractivity contribution in [3.05, 3.63) is 28.8 Å². The first kappa shape index (κ1) is 13.2. The quantitative estimate of drug-likeness (QED) is 0.786. The fraction of sp³-hybridized carbons (Fsp3) is 0.462. The third kappa shape index (κ3) is 2.33. The van der Waals surface area contributed by atoms with E-state index in [1.807, 2.05) is 4.57 Å². The maximum absolute atomic E-state index is 13.7. The lowest BCUT2D eigenvalue weighted by Crippen LogP contribution is -2.21. The zero-order valence-electron chi connectivity index (χ0n) is 10.2. The molecule has 3 rings (SSSR count). The van der Waals surface area contributed by atoms with E-state index in [9.17, 15) is 4.39 Å². The number of aromatic nitrogens is 2. The van der Waals surface area contributed by atoms with Gasteiger partial charge in [-0.05, 0) is 18.9 Å². The van der Waals surface area contributed by atoms with Gasteiger partial charge in [-0.15, -0.1) is 11.6 Å². The summed E-state index contributed by atoms with van der Waals surface area (Å²) in [6.07, 6.45) is 1.78. The van der Waals surface area contributed by atoms with Crippen molar-refractivity contribution in [1.82, 2.24) is 9.55 Å². The Hall–Kier alpha value is -0.840. The molecule has 0 aliphatic carbocycles. The number of fused-ring (bicyclic) bond motifs is 1. The standard InChI is InChI=1S/C13H13Cl2FN2O/c14-7-13-17-11-5-9(15)10(16)6-12(11)18(13)8-1-3-19-4-2-8/h5-6,8H,1-4,7H2. The number of hydrogen-bond acceptors (Lipinski definition) is 2. The van der Waals surface area contributed by atoms with E-state index in [2.05, 4.69) is 4.98 Å². The Balaban J connectivity index is 2.16. The van der Waals surface area contributed by atoms with Crippen molar-refractivity contribution in [1.29, 1.82) is 0 Å².